The summed E-state index contributed by atoms with van der Waals surface area (Å²) in [5.41, 5.74) is 0.348. The van der Waals surface area contributed by atoms with E-state index in [2.05, 4.69) is 44.7 Å². The lowest BCUT2D eigenvalue weighted by molar-refractivity contribution is 0.138. The van der Waals surface area contributed by atoms with E-state index in [1.165, 1.54) is 32.4 Å². The third-order valence-corrected chi connectivity index (χ3v) is 3.38. The summed E-state index contributed by atoms with van der Waals surface area (Å²) in [6.45, 7) is 9.50. The minimum atomic E-state index is 0.348. The van der Waals surface area contributed by atoms with Gasteiger partial charge >= 0.3 is 0 Å². The number of nitrogens with zero attached hydrogens (tertiary/aromatic N) is 2. The predicted octanol–water partition coefficient (Wildman–Crippen LogP) is 2.20. The van der Waals surface area contributed by atoms with Crippen molar-refractivity contribution in [3.05, 3.63) is 0 Å². The fraction of sp³-hybridized carbons (Fsp3) is 1.00. The van der Waals surface area contributed by atoms with Gasteiger partial charge in [0.05, 0.1) is 0 Å². The molecule has 0 N–H and O–H groups in total. The molecule has 14 heavy (non-hydrogen) atoms. The summed E-state index contributed by atoms with van der Waals surface area (Å²) >= 11 is 0. The van der Waals surface area contributed by atoms with Crippen LogP contribution in [0.4, 0.5) is 0 Å². The Morgan fingerprint density at radius 1 is 1.07 bits per heavy atom. The maximum Gasteiger partial charge on any atom is 0.0125 e. The fourth-order valence-electron chi connectivity index (χ4n) is 2.27. The van der Waals surface area contributed by atoms with E-state index in [9.17, 15) is 0 Å². The van der Waals surface area contributed by atoms with E-state index >= 15 is 0 Å². The molecule has 0 aromatic rings. The van der Waals surface area contributed by atoms with Crippen molar-refractivity contribution in [2.75, 3.05) is 27.2 Å². The van der Waals surface area contributed by atoms with Crippen LogP contribution in [0.5, 0.6) is 0 Å². The van der Waals surface area contributed by atoms with Crippen molar-refractivity contribution >= 4 is 0 Å². The van der Waals surface area contributed by atoms with Crippen LogP contribution in [0, 0.1) is 0 Å². The van der Waals surface area contributed by atoms with Crippen LogP contribution in [-0.4, -0.2) is 48.6 Å². The summed E-state index contributed by atoms with van der Waals surface area (Å²) < 4.78 is 0. The molecule has 2 heteroatoms. The molecule has 1 heterocycles. The van der Waals surface area contributed by atoms with Crippen LogP contribution >= 0.6 is 0 Å². The molecule has 1 unspecified atom stereocenters. The second-order valence-electron chi connectivity index (χ2n) is 5.71. The van der Waals surface area contributed by atoms with Crippen LogP contribution in [0.15, 0.2) is 0 Å². The number of hydrogen-bond donors (Lipinski definition) is 0. The third kappa shape index (κ3) is 3.25. The monoisotopic (exact) mass is 198 g/mol. The van der Waals surface area contributed by atoms with E-state index in [0.29, 0.717) is 5.54 Å². The second-order valence-corrected chi connectivity index (χ2v) is 5.71. The maximum atomic E-state index is 2.62. The Bertz CT molecular complexity index is 170. The summed E-state index contributed by atoms with van der Waals surface area (Å²) in [6, 6.07) is 0.794. The molecule has 2 nitrogen and oxygen atoms in total. The van der Waals surface area contributed by atoms with Gasteiger partial charge in [0.25, 0.3) is 0 Å². The first-order chi connectivity index (χ1) is 6.41. The lowest BCUT2D eigenvalue weighted by Gasteiger charge is -2.34. The summed E-state index contributed by atoms with van der Waals surface area (Å²) in [5.74, 6) is 0. The van der Waals surface area contributed by atoms with Crippen molar-refractivity contribution in [3.63, 3.8) is 0 Å². The SMILES string of the molecule is CN(C)C1CCCN(C(C)(C)C)CC1. The molecule has 0 saturated carbocycles. The minimum absolute atomic E-state index is 0.348. The zero-order chi connectivity index (χ0) is 10.8. The molecule has 0 aromatic heterocycles. The smallest absolute Gasteiger partial charge is 0.0125 e. The van der Waals surface area contributed by atoms with Crippen molar-refractivity contribution in [1.29, 1.82) is 0 Å². The van der Waals surface area contributed by atoms with Crippen molar-refractivity contribution in [1.82, 2.24) is 9.80 Å². The molecule has 0 amide bonds. The molecule has 1 aliphatic heterocycles. The van der Waals surface area contributed by atoms with Crippen LogP contribution in [0.25, 0.3) is 0 Å². The molecule has 1 atom stereocenters. The molecule has 0 radical (unpaired) electrons. The van der Waals surface area contributed by atoms with Gasteiger partial charge in [0.2, 0.25) is 0 Å². The Balaban J connectivity index is 2.49. The lowest BCUT2D eigenvalue weighted by Crippen LogP contribution is -2.42. The quantitative estimate of drug-likeness (QED) is 0.637. The third-order valence-electron chi connectivity index (χ3n) is 3.38. The molecule has 84 valence electrons. The molecule has 0 bridgehead atoms. The second kappa shape index (κ2) is 4.63. The summed E-state index contributed by atoms with van der Waals surface area (Å²) in [4.78, 5) is 5.00. The Morgan fingerprint density at radius 2 is 1.71 bits per heavy atom. The first kappa shape index (κ1) is 12.0. The summed E-state index contributed by atoms with van der Waals surface area (Å²) in [7, 11) is 4.41. The Morgan fingerprint density at radius 3 is 2.21 bits per heavy atom. The van der Waals surface area contributed by atoms with Crippen LogP contribution in [0.3, 0.4) is 0 Å². The highest BCUT2D eigenvalue weighted by atomic mass is 15.2. The van der Waals surface area contributed by atoms with Gasteiger partial charge in [-0.3, -0.25) is 4.90 Å². The lowest BCUT2D eigenvalue weighted by atomic mass is 10.1. The highest BCUT2D eigenvalue weighted by Crippen LogP contribution is 2.21. The minimum Gasteiger partial charge on any atom is -0.306 e. The van der Waals surface area contributed by atoms with Gasteiger partial charge in [-0.25, -0.2) is 0 Å². The molecule has 1 fully saturated rings. The average molecular weight is 198 g/mol. The van der Waals surface area contributed by atoms with Gasteiger partial charge < -0.3 is 4.90 Å². The van der Waals surface area contributed by atoms with Crippen molar-refractivity contribution in [3.8, 4) is 0 Å². The van der Waals surface area contributed by atoms with Gasteiger partial charge in [-0.2, -0.15) is 0 Å². The Hall–Kier alpha value is -0.0800. The van der Waals surface area contributed by atoms with E-state index in [1.54, 1.807) is 0 Å². The van der Waals surface area contributed by atoms with Gasteiger partial charge in [-0.1, -0.05) is 0 Å². The van der Waals surface area contributed by atoms with Gasteiger partial charge in [0, 0.05) is 18.1 Å². The predicted molar refractivity (Wildman–Crippen MR) is 62.7 cm³/mol. The molecular weight excluding hydrogens is 172 g/mol. The zero-order valence-electron chi connectivity index (χ0n) is 10.5. The molecule has 1 aliphatic rings. The van der Waals surface area contributed by atoms with Crippen LogP contribution < -0.4 is 0 Å². The highest BCUT2D eigenvalue weighted by Gasteiger charge is 2.25. The largest absolute Gasteiger partial charge is 0.306 e. The van der Waals surface area contributed by atoms with E-state index in [0.717, 1.165) is 6.04 Å². The topological polar surface area (TPSA) is 6.48 Å². The van der Waals surface area contributed by atoms with Crippen molar-refractivity contribution in [2.24, 2.45) is 0 Å². The normalized spacial score (nSPS) is 26.6. The van der Waals surface area contributed by atoms with E-state index in [-0.39, 0.29) is 0 Å². The van der Waals surface area contributed by atoms with Gasteiger partial charge in [0.1, 0.15) is 0 Å². The molecule has 0 aromatic carbocycles. The van der Waals surface area contributed by atoms with Gasteiger partial charge in [-0.15, -0.1) is 0 Å². The van der Waals surface area contributed by atoms with E-state index in [1.807, 2.05) is 0 Å². The first-order valence-corrected chi connectivity index (χ1v) is 5.83. The van der Waals surface area contributed by atoms with Crippen molar-refractivity contribution in [2.45, 2.75) is 51.6 Å². The molecule has 0 spiro atoms. The summed E-state index contributed by atoms with van der Waals surface area (Å²) in [5, 5.41) is 0. The Labute approximate surface area is 89.3 Å². The van der Waals surface area contributed by atoms with Gasteiger partial charge in [0.15, 0.2) is 0 Å². The fourth-order valence-corrected chi connectivity index (χ4v) is 2.27. The average Bonchev–Trinajstić information content (AvgIpc) is 2.26. The number of likely N-dealkylation sites (tertiary alicyclic amines) is 1. The number of hydrogen-bond acceptors (Lipinski definition) is 2. The standard InChI is InChI=1S/C12H26N2/c1-12(2,3)14-9-6-7-11(8-10-14)13(4)5/h11H,6-10H2,1-5H3. The van der Waals surface area contributed by atoms with E-state index < -0.39 is 0 Å². The van der Waals surface area contributed by atoms with Crippen LogP contribution in [0.2, 0.25) is 0 Å². The summed E-state index contributed by atoms with van der Waals surface area (Å²) in [6.07, 6.45) is 4.03. The highest BCUT2D eigenvalue weighted by molar-refractivity contribution is 4.81. The Kier molecular flexibility index (Phi) is 3.96. The van der Waals surface area contributed by atoms with Crippen molar-refractivity contribution < 1.29 is 0 Å². The zero-order valence-corrected chi connectivity index (χ0v) is 10.5. The molecule has 1 saturated heterocycles. The molecule has 1 rings (SSSR count). The van der Waals surface area contributed by atoms with Crippen LogP contribution in [-0.2, 0) is 0 Å². The van der Waals surface area contributed by atoms with E-state index in [4.69, 9.17) is 0 Å². The number of rotatable bonds is 1. The van der Waals surface area contributed by atoms with Gasteiger partial charge in [-0.05, 0) is 60.7 Å². The molecular formula is C12H26N2. The first-order valence-electron chi connectivity index (χ1n) is 5.83. The molecule has 0 aliphatic carbocycles. The maximum absolute atomic E-state index is 2.62. The van der Waals surface area contributed by atoms with Crippen LogP contribution in [0.1, 0.15) is 40.0 Å².